The fourth-order valence-electron chi connectivity index (χ4n) is 3.66. The number of nitrogens with one attached hydrogen (secondary N) is 1. The van der Waals surface area contributed by atoms with Gasteiger partial charge in [-0.2, -0.15) is 0 Å². The van der Waals surface area contributed by atoms with Gasteiger partial charge in [0.05, 0.1) is 4.92 Å². The zero-order valence-corrected chi connectivity index (χ0v) is 12.2. The second kappa shape index (κ2) is 5.11. The lowest BCUT2D eigenvalue weighted by Crippen LogP contribution is -2.38. The van der Waals surface area contributed by atoms with Crippen LogP contribution in [0.4, 0.5) is 5.69 Å². The molecule has 3 atom stereocenters. The first-order chi connectivity index (χ1) is 10.0. The summed E-state index contributed by atoms with van der Waals surface area (Å²) in [5.41, 5.74) is 0.807. The lowest BCUT2D eigenvalue weighted by atomic mass is 9.95. The van der Waals surface area contributed by atoms with E-state index in [1.807, 2.05) is 11.8 Å². The molecule has 3 rings (SSSR count). The van der Waals surface area contributed by atoms with Crippen molar-refractivity contribution in [1.29, 1.82) is 0 Å². The van der Waals surface area contributed by atoms with E-state index in [1.165, 1.54) is 6.07 Å². The zero-order valence-electron chi connectivity index (χ0n) is 12.2. The second-order valence-corrected chi connectivity index (χ2v) is 6.01. The summed E-state index contributed by atoms with van der Waals surface area (Å²) in [6.07, 6.45) is 0. The van der Waals surface area contributed by atoms with Crippen molar-refractivity contribution in [2.45, 2.75) is 19.9 Å². The molecule has 21 heavy (non-hydrogen) atoms. The summed E-state index contributed by atoms with van der Waals surface area (Å²) in [5, 5.41) is 14.5. The molecule has 1 amide bonds. The smallest absolute Gasteiger partial charge is 0.282 e. The number of hydrogen-bond acceptors (Lipinski definition) is 4. The van der Waals surface area contributed by atoms with Crippen molar-refractivity contribution in [2.75, 3.05) is 19.6 Å². The van der Waals surface area contributed by atoms with E-state index >= 15 is 0 Å². The van der Waals surface area contributed by atoms with Crippen LogP contribution in [-0.4, -0.2) is 41.4 Å². The molecule has 0 bridgehead atoms. The molecular formula is C15H19N3O3. The minimum absolute atomic E-state index is 0.0950. The maximum atomic E-state index is 12.8. The number of fused-ring (bicyclic) bond motifs is 1. The first-order valence-electron chi connectivity index (χ1n) is 7.26. The highest BCUT2D eigenvalue weighted by atomic mass is 16.6. The van der Waals surface area contributed by atoms with E-state index in [-0.39, 0.29) is 23.2 Å². The fraction of sp³-hybridized carbons (Fsp3) is 0.533. The Bertz CT molecular complexity index is 602. The molecule has 1 N–H and O–H groups in total. The molecule has 0 spiro atoms. The number of aryl methyl sites for hydroxylation is 1. The van der Waals surface area contributed by atoms with E-state index in [2.05, 4.69) is 5.32 Å². The molecule has 2 fully saturated rings. The van der Waals surface area contributed by atoms with Gasteiger partial charge < -0.3 is 10.2 Å². The number of nitro benzene ring substituents is 1. The predicted molar refractivity (Wildman–Crippen MR) is 78.2 cm³/mol. The molecule has 6 nitrogen and oxygen atoms in total. The highest BCUT2D eigenvalue weighted by molar-refractivity contribution is 6.00. The van der Waals surface area contributed by atoms with Gasteiger partial charge in [0.1, 0.15) is 5.56 Å². The summed E-state index contributed by atoms with van der Waals surface area (Å²) in [6.45, 7) is 6.33. The van der Waals surface area contributed by atoms with Gasteiger partial charge in [-0.15, -0.1) is 0 Å². The Morgan fingerprint density at radius 3 is 2.86 bits per heavy atom. The highest BCUT2D eigenvalue weighted by Gasteiger charge is 2.44. The quantitative estimate of drug-likeness (QED) is 0.662. The van der Waals surface area contributed by atoms with E-state index < -0.39 is 4.92 Å². The van der Waals surface area contributed by atoms with E-state index in [9.17, 15) is 14.9 Å². The average Bonchev–Trinajstić information content (AvgIpc) is 3.01. The fourth-order valence-corrected chi connectivity index (χ4v) is 3.66. The van der Waals surface area contributed by atoms with Gasteiger partial charge in [0, 0.05) is 31.7 Å². The molecule has 1 aromatic carbocycles. The molecule has 0 aromatic heterocycles. The number of amides is 1. The Hall–Kier alpha value is -1.95. The summed E-state index contributed by atoms with van der Waals surface area (Å²) in [6, 6.07) is 4.90. The van der Waals surface area contributed by atoms with Gasteiger partial charge in [0.15, 0.2) is 0 Å². The van der Waals surface area contributed by atoms with E-state index in [1.54, 1.807) is 19.1 Å². The van der Waals surface area contributed by atoms with E-state index in [0.29, 0.717) is 23.9 Å². The van der Waals surface area contributed by atoms with Crippen molar-refractivity contribution in [1.82, 2.24) is 10.2 Å². The lowest BCUT2D eigenvalue weighted by Gasteiger charge is -2.25. The van der Waals surface area contributed by atoms with Gasteiger partial charge in [-0.05, 0) is 31.2 Å². The van der Waals surface area contributed by atoms with Crippen LogP contribution in [0.3, 0.4) is 0 Å². The molecule has 0 saturated carbocycles. The van der Waals surface area contributed by atoms with Crippen LogP contribution in [0, 0.1) is 28.9 Å². The van der Waals surface area contributed by atoms with Crippen molar-refractivity contribution in [2.24, 2.45) is 11.8 Å². The third-order valence-corrected chi connectivity index (χ3v) is 4.86. The Balaban J connectivity index is 1.95. The molecule has 0 aliphatic carbocycles. The Morgan fingerprint density at radius 2 is 2.19 bits per heavy atom. The predicted octanol–water partition coefficient (Wildman–Crippen LogP) is 1.58. The maximum absolute atomic E-state index is 12.8. The average molecular weight is 289 g/mol. The largest absolute Gasteiger partial charge is 0.335 e. The topological polar surface area (TPSA) is 75.5 Å². The molecule has 1 aromatic rings. The van der Waals surface area contributed by atoms with Crippen LogP contribution in [0.5, 0.6) is 0 Å². The van der Waals surface area contributed by atoms with E-state index in [0.717, 1.165) is 13.1 Å². The zero-order chi connectivity index (χ0) is 15.1. The monoisotopic (exact) mass is 289 g/mol. The second-order valence-electron chi connectivity index (χ2n) is 6.01. The first kappa shape index (κ1) is 14.0. The van der Waals surface area contributed by atoms with Crippen molar-refractivity contribution in [3.05, 3.63) is 39.4 Å². The van der Waals surface area contributed by atoms with Crippen molar-refractivity contribution >= 4 is 11.6 Å². The SMILES string of the molecule is Cc1cccc([N+](=O)[O-])c1C(=O)N1CC2CNCC2C1C. The molecular weight excluding hydrogens is 270 g/mol. The van der Waals surface area contributed by atoms with Crippen molar-refractivity contribution < 1.29 is 9.72 Å². The number of benzene rings is 1. The van der Waals surface area contributed by atoms with Crippen LogP contribution in [0.1, 0.15) is 22.8 Å². The van der Waals surface area contributed by atoms with Gasteiger partial charge >= 0.3 is 0 Å². The van der Waals surface area contributed by atoms with Crippen LogP contribution < -0.4 is 5.32 Å². The summed E-state index contributed by atoms with van der Waals surface area (Å²) in [5.74, 6) is 0.714. The molecule has 2 aliphatic rings. The third kappa shape index (κ3) is 2.19. The Labute approximate surface area is 123 Å². The lowest BCUT2D eigenvalue weighted by molar-refractivity contribution is -0.385. The molecule has 2 heterocycles. The van der Waals surface area contributed by atoms with Crippen LogP contribution in [0.15, 0.2) is 18.2 Å². The van der Waals surface area contributed by atoms with Crippen LogP contribution in [-0.2, 0) is 0 Å². The van der Waals surface area contributed by atoms with Gasteiger partial charge in [-0.1, -0.05) is 12.1 Å². The van der Waals surface area contributed by atoms with Crippen LogP contribution in [0.2, 0.25) is 0 Å². The number of nitrogens with zero attached hydrogens (tertiary/aromatic N) is 2. The normalized spacial score (nSPS) is 27.7. The molecule has 112 valence electrons. The number of likely N-dealkylation sites (tertiary alicyclic amines) is 1. The first-order valence-corrected chi connectivity index (χ1v) is 7.26. The summed E-state index contributed by atoms with van der Waals surface area (Å²) in [4.78, 5) is 25.4. The molecule has 2 aliphatic heterocycles. The molecule has 0 radical (unpaired) electrons. The molecule has 6 heteroatoms. The van der Waals surface area contributed by atoms with Crippen molar-refractivity contribution in [3.63, 3.8) is 0 Å². The maximum Gasteiger partial charge on any atom is 0.282 e. The van der Waals surface area contributed by atoms with E-state index in [4.69, 9.17) is 0 Å². The summed E-state index contributed by atoms with van der Waals surface area (Å²) in [7, 11) is 0. The van der Waals surface area contributed by atoms with Gasteiger partial charge in [-0.3, -0.25) is 14.9 Å². The van der Waals surface area contributed by atoms with Crippen LogP contribution >= 0.6 is 0 Å². The van der Waals surface area contributed by atoms with Gasteiger partial charge in [0.2, 0.25) is 0 Å². The molecule has 2 saturated heterocycles. The number of rotatable bonds is 2. The van der Waals surface area contributed by atoms with Gasteiger partial charge in [-0.25, -0.2) is 0 Å². The minimum atomic E-state index is -0.469. The number of nitro groups is 1. The van der Waals surface area contributed by atoms with Gasteiger partial charge in [0.25, 0.3) is 11.6 Å². The Kier molecular flexibility index (Phi) is 3.41. The number of carbonyl (C=O) groups excluding carboxylic acids is 1. The number of carbonyl (C=O) groups is 1. The standard InChI is InChI=1S/C15H19N3O3/c1-9-4-3-5-13(18(20)21)14(9)15(19)17-8-11-6-16-7-12(11)10(17)2/h3-5,10-12,16H,6-8H2,1-2H3. The molecule has 3 unspecified atom stereocenters. The highest BCUT2D eigenvalue weighted by Crippen LogP contribution is 2.35. The summed E-state index contributed by atoms with van der Waals surface area (Å²) >= 11 is 0. The third-order valence-electron chi connectivity index (χ3n) is 4.86. The summed E-state index contributed by atoms with van der Waals surface area (Å²) < 4.78 is 0. The Morgan fingerprint density at radius 1 is 1.43 bits per heavy atom. The van der Waals surface area contributed by atoms with Crippen molar-refractivity contribution in [3.8, 4) is 0 Å². The number of hydrogen-bond donors (Lipinski definition) is 1. The van der Waals surface area contributed by atoms with Crippen LogP contribution in [0.25, 0.3) is 0 Å². The minimum Gasteiger partial charge on any atom is -0.335 e.